The molecule has 90 valence electrons. The summed E-state index contributed by atoms with van der Waals surface area (Å²) >= 11 is 0. The summed E-state index contributed by atoms with van der Waals surface area (Å²) in [6.07, 6.45) is 1.33. The average molecular weight is 236 g/mol. The first kappa shape index (κ1) is 12.8. The van der Waals surface area contributed by atoms with Gasteiger partial charge < -0.3 is 14.9 Å². The molecule has 0 bridgehead atoms. The minimum Gasteiger partial charge on any atom is -0.479 e. The molecule has 0 aliphatic rings. The molecule has 0 aromatic heterocycles. The second-order valence-corrected chi connectivity index (χ2v) is 3.31. The summed E-state index contributed by atoms with van der Waals surface area (Å²) in [6, 6.07) is 6.62. The Hall–Kier alpha value is -2.30. The van der Waals surface area contributed by atoms with E-state index in [1.807, 2.05) is 0 Å². The molecule has 0 spiro atoms. The van der Waals surface area contributed by atoms with Gasteiger partial charge in [0.1, 0.15) is 5.75 Å². The van der Waals surface area contributed by atoms with Crippen molar-refractivity contribution in [3.05, 3.63) is 35.9 Å². The van der Waals surface area contributed by atoms with E-state index in [0.717, 1.165) is 6.08 Å². The third-order valence-electron chi connectivity index (χ3n) is 1.98. The summed E-state index contributed by atoms with van der Waals surface area (Å²) in [5, 5.41) is 17.2. The van der Waals surface area contributed by atoms with Gasteiger partial charge in [-0.1, -0.05) is 18.2 Å². The smallest absolute Gasteiger partial charge is 0.344 e. The number of rotatable bonds is 5. The van der Waals surface area contributed by atoms with E-state index < -0.39 is 18.0 Å². The van der Waals surface area contributed by atoms with Crippen LogP contribution in [0.3, 0.4) is 0 Å². The van der Waals surface area contributed by atoms with E-state index in [2.05, 4.69) is 0 Å². The topological polar surface area (TPSA) is 83.8 Å². The Kier molecular flexibility index (Phi) is 4.28. The van der Waals surface area contributed by atoms with Gasteiger partial charge in [-0.25, -0.2) is 9.59 Å². The van der Waals surface area contributed by atoms with Crippen molar-refractivity contribution in [2.45, 2.75) is 13.0 Å². The molecule has 2 N–H and O–H groups in total. The van der Waals surface area contributed by atoms with Crippen molar-refractivity contribution in [2.24, 2.45) is 0 Å². The molecule has 1 aromatic rings. The zero-order valence-corrected chi connectivity index (χ0v) is 9.16. The highest BCUT2D eigenvalue weighted by Crippen LogP contribution is 2.20. The molecule has 17 heavy (non-hydrogen) atoms. The number of para-hydroxylation sites is 1. The minimum absolute atomic E-state index is 0.333. The number of carboxylic acid groups (broad SMARTS) is 2. The van der Waals surface area contributed by atoms with Crippen LogP contribution in [-0.4, -0.2) is 28.3 Å². The van der Waals surface area contributed by atoms with Crippen molar-refractivity contribution in [1.29, 1.82) is 0 Å². The van der Waals surface area contributed by atoms with Crippen LogP contribution in [0.2, 0.25) is 0 Å². The standard InChI is InChI=1S/C12H12O5/c1-8(12(15)16)17-10-5-3-2-4-9(10)6-7-11(13)14/h2-8H,1H3,(H,13,14)(H,15,16). The van der Waals surface area contributed by atoms with E-state index in [1.165, 1.54) is 13.0 Å². The van der Waals surface area contributed by atoms with Crippen LogP contribution < -0.4 is 4.74 Å². The first-order chi connectivity index (χ1) is 8.00. The zero-order valence-electron chi connectivity index (χ0n) is 9.16. The summed E-state index contributed by atoms with van der Waals surface area (Å²) in [6.45, 7) is 1.40. The van der Waals surface area contributed by atoms with Crippen LogP contribution in [0, 0.1) is 0 Å². The number of benzene rings is 1. The Morgan fingerprint density at radius 1 is 1.29 bits per heavy atom. The monoisotopic (exact) mass is 236 g/mol. The number of hydrogen-bond acceptors (Lipinski definition) is 3. The Labute approximate surface area is 98.0 Å². The van der Waals surface area contributed by atoms with E-state index in [9.17, 15) is 9.59 Å². The van der Waals surface area contributed by atoms with Crippen molar-refractivity contribution < 1.29 is 24.5 Å². The van der Waals surface area contributed by atoms with Gasteiger partial charge in [0.15, 0.2) is 6.10 Å². The molecule has 0 heterocycles. The van der Waals surface area contributed by atoms with Crippen molar-refractivity contribution in [3.8, 4) is 5.75 Å². The van der Waals surface area contributed by atoms with E-state index in [4.69, 9.17) is 14.9 Å². The van der Waals surface area contributed by atoms with E-state index >= 15 is 0 Å². The van der Waals surface area contributed by atoms with Crippen molar-refractivity contribution in [1.82, 2.24) is 0 Å². The van der Waals surface area contributed by atoms with Crippen LogP contribution in [0.4, 0.5) is 0 Å². The summed E-state index contributed by atoms with van der Waals surface area (Å²) in [5.41, 5.74) is 0.517. The molecule has 0 radical (unpaired) electrons. The zero-order chi connectivity index (χ0) is 12.8. The molecule has 0 aliphatic heterocycles. The Bertz CT molecular complexity index is 450. The first-order valence-electron chi connectivity index (χ1n) is 4.90. The minimum atomic E-state index is -1.08. The fourth-order valence-corrected chi connectivity index (χ4v) is 1.13. The molecule has 0 saturated carbocycles. The fraction of sp³-hybridized carbons (Fsp3) is 0.167. The van der Waals surface area contributed by atoms with Crippen LogP contribution in [0.25, 0.3) is 6.08 Å². The van der Waals surface area contributed by atoms with Crippen molar-refractivity contribution >= 4 is 18.0 Å². The molecule has 1 aromatic carbocycles. The largest absolute Gasteiger partial charge is 0.479 e. The lowest BCUT2D eigenvalue weighted by Crippen LogP contribution is -2.23. The van der Waals surface area contributed by atoms with E-state index in [1.54, 1.807) is 24.3 Å². The second-order valence-electron chi connectivity index (χ2n) is 3.31. The summed E-state index contributed by atoms with van der Waals surface area (Å²) in [4.78, 5) is 21.0. The van der Waals surface area contributed by atoms with Gasteiger partial charge in [-0.15, -0.1) is 0 Å². The van der Waals surface area contributed by atoms with Gasteiger partial charge in [0, 0.05) is 11.6 Å². The summed E-state index contributed by atoms with van der Waals surface area (Å²) in [5.74, 6) is -1.83. The van der Waals surface area contributed by atoms with Gasteiger partial charge in [0.25, 0.3) is 0 Å². The third kappa shape index (κ3) is 3.98. The Balaban J connectivity index is 2.92. The quantitative estimate of drug-likeness (QED) is 0.759. The van der Waals surface area contributed by atoms with Crippen LogP contribution in [0.1, 0.15) is 12.5 Å². The number of carbonyl (C=O) groups is 2. The lowest BCUT2D eigenvalue weighted by molar-refractivity contribution is -0.144. The molecule has 1 unspecified atom stereocenters. The molecule has 0 fully saturated rings. The molecule has 5 heteroatoms. The number of carboxylic acids is 2. The molecular formula is C12H12O5. The van der Waals surface area contributed by atoms with E-state index in [-0.39, 0.29) is 0 Å². The summed E-state index contributed by atoms with van der Waals surface area (Å²) < 4.78 is 5.20. The predicted molar refractivity (Wildman–Crippen MR) is 60.8 cm³/mol. The average Bonchev–Trinajstić information content (AvgIpc) is 2.27. The van der Waals surface area contributed by atoms with Crippen LogP contribution in [0.5, 0.6) is 5.75 Å². The lowest BCUT2D eigenvalue weighted by atomic mass is 10.2. The SMILES string of the molecule is CC(Oc1ccccc1C=CC(=O)O)C(=O)O. The van der Waals surface area contributed by atoms with Gasteiger partial charge in [-0.2, -0.15) is 0 Å². The van der Waals surface area contributed by atoms with Crippen LogP contribution in [-0.2, 0) is 9.59 Å². The highest BCUT2D eigenvalue weighted by Gasteiger charge is 2.13. The van der Waals surface area contributed by atoms with Gasteiger partial charge in [-0.3, -0.25) is 0 Å². The van der Waals surface area contributed by atoms with E-state index in [0.29, 0.717) is 11.3 Å². The maximum Gasteiger partial charge on any atom is 0.344 e. The number of ether oxygens (including phenoxy) is 1. The summed E-state index contributed by atoms with van der Waals surface area (Å²) in [7, 11) is 0. The number of aliphatic carboxylic acids is 2. The highest BCUT2D eigenvalue weighted by molar-refractivity contribution is 5.86. The molecule has 5 nitrogen and oxygen atoms in total. The van der Waals surface area contributed by atoms with Gasteiger partial charge >= 0.3 is 11.9 Å². The number of hydrogen-bond donors (Lipinski definition) is 2. The molecule has 0 aliphatic carbocycles. The third-order valence-corrected chi connectivity index (χ3v) is 1.98. The van der Waals surface area contributed by atoms with Crippen LogP contribution in [0.15, 0.2) is 30.3 Å². The lowest BCUT2D eigenvalue weighted by Gasteiger charge is -2.12. The fourth-order valence-electron chi connectivity index (χ4n) is 1.13. The van der Waals surface area contributed by atoms with Gasteiger partial charge in [0.05, 0.1) is 0 Å². The Morgan fingerprint density at radius 3 is 2.53 bits per heavy atom. The van der Waals surface area contributed by atoms with Crippen LogP contribution >= 0.6 is 0 Å². The molecule has 1 rings (SSSR count). The van der Waals surface area contributed by atoms with Crippen molar-refractivity contribution in [2.75, 3.05) is 0 Å². The molecular weight excluding hydrogens is 224 g/mol. The van der Waals surface area contributed by atoms with Gasteiger partial charge in [-0.05, 0) is 19.1 Å². The molecule has 0 amide bonds. The molecule has 1 atom stereocenters. The van der Waals surface area contributed by atoms with Gasteiger partial charge in [0.2, 0.25) is 0 Å². The maximum absolute atomic E-state index is 10.6. The molecule has 0 saturated heterocycles. The first-order valence-corrected chi connectivity index (χ1v) is 4.90. The maximum atomic E-state index is 10.6. The normalized spacial score (nSPS) is 12.3. The predicted octanol–water partition coefficient (Wildman–Crippen LogP) is 1.64. The Morgan fingerprint density at radius 2 is 1.94 bits per heavy atom. The highest BCUT2D eigenvalue weighted by atomic mass is 16.5. The second kappa shape index (κ2) is 5.69. The van der Waals surface area contributed by atoms with Crippen molar-refractivity contribution in [3.63, 3.8) is 0 Å².